The van der Waals surface area contributed by atoms with Crippen molar-refractivity contribution < 1.29 is 4.79 Å². The van der Waals surface area contributed by atoms with Crippen LogP contribution in [0.3, 0.4) is 0 Å². The third kappa shape index (κ3) is 4.37. The van der Waals surface area contributed by atoms with Gasteiger partial charge in [0.15, 0.2) is 11.2 Å². The van der Waals surface area contributed by atoms with Crippen LogP contribution in [0.4, 0.5) is 5.95 Å². The zero-order valence-corrected chi connectivity index (χ0v) is 21.0. The Bertz CT molecular complexity index is 1380. The quantitative estimate of drug-likeness (QED) is 0.539. The molecule has 35 heavy (non-hydrogen) atoms. The molecule has 0 spiro atoms. The second-order valence-electron chi connectivity index (χ2n) is 9.69. The van der Waals surface area contributed by atoms with Gasteiger partial charge in [0.2, 0.25) is 11.9 Å². The molecule has 3 heterocycles. The van der Waals surface area contributed by atoms with E-state index in [0.29, 0.717) is 67.2 Å². The molecule has 1 amide bonds. The van der Waals surface area contributed by atoms with Crippen LogP contribution in [-0.4, -0.2) is 55.7 Å². The van der Waals surface area contributed by atoms with Crippen molar-refractivity contribution in [2.75, 3.05) is 31.1 Å². The molecule has 10 heteroatoms. The lowest BCUT2D eigenvalue weighted by Crippen LogP contribution is -2.49. The molecule has 186 valence electrons. The first-order valence-electron chi connectivity index (χ1n) is 12.3. The van der Waals surface area contributed by atoms with Gasteiger partial charge >= 0.3 is 5.69 Å². The fraction of sp³-hybridized carbons (Fsp3) is 0.520. The third-order valence-electron chi connectivity index (χ3n) is 7.47. The van der Waals surface area contributed by atoms with Crippen LogP contribution in [0.25, 0.3) is 11.2 Å². The smallest absolute Gasteiger partial charge is 0.332 e. The van der Waals surface area contributed by atoms with Crippen LogP contribution >= 0.6 is 11.6 Å². The minimum atomic E-state index is -0.418. The monoisotopic (exact) mass is 498 g/mol. The highest BCUT2D eigenvalue weighted by atomic mass is 35.5. The Labute approximate surface area is 208 Å². The van der Waals surface area contributed by atoms with Gasteiger partial charge in [-0.05, 0) is 30.4 Å². The van der Waals surface area contributed by atoms with Crippen LogP contribution in [0.5, 0.6) is 0 Å². The lowest BCUT2D eigenvalue weighted by atomic mass is 10.0. The van der Waals surface area contributed by atoms with Crippen LogP contribution in [0, 0.1) is 5.92 Å². The maximum Gasteiger partial charge on any atom is 0.332 e. The van der Waals surface area contributed by atoms with E-state index in [1.807, 2.05) is 33.7 Å². The Kier molecular flexibility index (Phi) is 6.44. The first-order valence-corrected chi connectivity index (χ1v) is 12.7. The number of fused-ring (bicyclic) bond motifs is 1. The number of imidazole rings is 1. The molecule has 2 aliphatic rings. The van der Waals surface area contributed by atoms with E-state index in [2.05, 4.69) is 4.90 Å². The number of anilines is 1. The number of amides is 1. The van der Waals surface area contributed by atoms with Crippen molar-refractivity contribution in [1.29, 1.82) is 0 Å². The number of hydrogen-bond donors (Lipinski definition) is 0. The molecule has 1 aliphatic heterocycles. The topological polar surface area (TPSA) is 85.4 Å². The van der Waals surface area contributed by atoms with Crippen LogP contribution in [0.1, 0.15) is 37.7 Å². The number of halogens is 1. The normalized spacial score (nSPS) is 17.0. The van der Waals surface area contributed by atoms with Crippen LogP contribution in [-0.2, 0) is 25.4 Å². The van der Waals surface area contributed by atoms with E-state index in [1.54, 1.807) is 7.05 Å². The molecule has 0 unspecified atom stereocenters. The van der Waals surface area contributed by atoms with Crippen LogP contribution < -0.4 is 16.1 Å². The summed E-state index contributed by atoms with van der Waals surface area (Å²) >= 11 is 6.45. The van der Waals surface area contributed by atoms with Gasteiger partial charge in [0, 0.05) is 51.7 Å². The molecular weight excluding hydrogens is 468 g/mol. The molecule has 0 N–H and O–H groups in total. The number of aromatic nitrogens is 4. The predicted octanol–water partition coefficient (Wildman–Crippen LogP) is 2.36. The Morgan fingerprint density at radius 3 is 2.40 bits per heavy atom. The lowest BCUT2D eigenvalue weighted by Gasteiger charge is -2.36. The molecule has 1 saturated heterocycles. The zero-order chi connectivity index (χ0) is 24.7. The number of piperazine rings is 1. The summed E-state index contributed by atoms with van der Waals surface area (Å²) in [6.45, 7) is 2.78. The van der Waals surface area contributed by atoms with Crippen LogP contribution in [0.15, 0.2) is 33.9 Å². The van der Waals surface area contributed by atoms with E-state index >= 15 is 0 Å². The maximum atomic E-state index is 13.2. The molecule has 1 aliphatic carbocycles. The van der Waals surface area contributed by atoms with Crippen LogP contribution in [0.2, 0.25) is 5.02 Å². The summed E-state index contributed by atoms with van der Waals surface area (Å²) in [7, 11) is 3.10. The van der Waals surface area contributed by atoms with E-state index in [-0.39, 0.29) is 11.5 Å². The van der Waals surface area contributed by atoms with Gasteiger partial charge in [-0.3, -0.25) is 23.3 Å². The van der Waals surface area contributed by atoms with E-state index < -0.39 is 5.69 Å². The molecule has 2 aromatic heterocycles. The fourth-order valence-electron chi connectivity index (χ4n) is 5.37. The standard InChI is InChI=1S/C25H31ClN6O3/c1-28-22-21(23(34)29(2)25(28)35)32(16-18-9-5-6-10-19(18)26)24(27-22)31-13-11-30(12-14-31)20(33)15-17-7-3-4-8-17/h5-6,9-10,17H,3-4,7-8,11-16H2,1-2H3. The Morgan fingerprint density at radius 2 is 1.71 bits per heavy atom. The van der Waals surface area contributed by atoms with Gasteiger partial charge in [0.1, 0.15) is 0 Å². The maximum absolute atomic E-state index is 13.2. The van der Waals surface area contributed by atoms with Crippen molar-refractivity contribution >= 4 is 34.6 Å². The summed E-state index contributed by atoms with van der Waals surface area (Å²) in [4.78, 5) is 47.4. The molecule has 0 atom stereocenters. The van der Waals surface area contributed by atoms with Crippen molar-refractivity contribution in [2.24, 2.45) is 20.0 Å². The SMILES string of the molecule is Cn1c(=O)c2c(nc(N3CCN(C(=O)CC4CCCC4)CC3)n2Cc2ccccc2Cl)n(C)c1=O. The highest BCUT2D eigenvalue weighted by Crippen LogP contribution is 2.29. The number of aryl methyl sites for hydroxylation is 1. The minimum absolute atomic E-state index is 0.234. The highest BCUT2D eigenvalue weighted by Gasteiger charge is 2.29. The van der Waals surface area contributed by atoms with E-state index in [9.17, 15) is 14.4 Å². The molecule has 5 rings (SSSR count). The molecule has 0 radical (unpaired) electrons. The summed E-state index contributed by atoms with van der Waals surface area (Å²) in [5.74, 6) is 1.37. The number of rotatable bonds is 5. The molecule has 3 aromatic rings. The van der Waals surface area contributed by atoms with Crippen molar-refractivity contribution in [3.8, 4) is 0 Å². The van der Waals surface area contributed by atoms with Gasteiger partial charge in [-0.1, -0.05) is 42.6 Å². The summed E-state index contributed by atoms with van der Waals surface area (Å²) < 4.78 is 4.37. The molecule has 1 aromatic carbocycles. The molecule has 1 saturated carbocycles. The average molecular weight is 499 g/mol. The van der Waals surface area contributed by atoms with Crippen molar-refractivity contribution in [1.82, 2.24) is 23.6 Å². The molecular formula is C25H31ClN6O3. The van der Waals surface area contributed by atoms with E-state index in [1.165, 1.54) is 24.5 Å². The van der Waals surface area contributed by atoms with Gasteiger partial charge < -0.3 is 9.80 Å². The van der Waals surface area contributed by atoms with Gasteiger partial charge in [-0.15, -0.1) is 0 Å². The van der Waals surface area contributed by atoms with E-state index in [0.717, 1.165) is 23.0 Å². The second-order valence-corrected chi connectivity index (χ2v) is 10.1. The van der Waals surface area contributed by atoms with Crippen molar-refractivity contribution in [3.05, 3.63) is 55.7 Å². The summed E-state index contributed by atoms with van der Waals surface area (Å²) in [5, 5.41) is 0.601. The van der Waals surface area contributed by atoms with E-state index in [4.69, 9.17) is 16.6 Å². The molecule has 0 bridgehead atoms. The van der Waals surface area contributed by atoms with Gasteiger partial charge in [-0.2, -0.15) is 4.98 Å². The Morgan fingerprint density at radius 1 is 1.03 bits per heavy atom. The Hall–Kier alpha value is -3.07. The first-order chi connectivity index (χ1) is 16.8. The second kappa shape index (κ2) is 9.53. The number of nitrogens with zero attached hydrogens (tertiary/aromatic N) is 6. The predicted molar refractivity (Wildman–Crippen MR) is 136 cm³/mol. The highest BCUT2D eigenvalue weighted by molar-refractivity contribution is 6.31. The minimum Gasteiger partial charge on any atom is -0.339 e. The van der Waals surface area contributed by atoms with Crippen molar-refractivity contribution in [2.45, 2.75) is 38.6 Å². The number of carbonyl (C=O) groups excluding carboxylic acids is 1. The summed E-state index contributed by atoms with van der Waals surface area (Å²) in [6.07, 6.45) is 5.42. The van der Waals surface area contributed by atoms with Crippen molar-refractivity contribution in [3.63, 3.8) is 0 Å². The Balaban J connectivity index is 1.48. The largest absolute Gasteiger partial charge is 0.339 e. The zero-order valence-electron chi connectivity index (χ0n) is 20.2. The number of benzene rings is 1. The number of carbonyl (C=O) groups is 1. The first kappa shape index (κ1) is 23.7. The molecule has 2 fully saturated rings. The lowest BCUT2D eigenvalue weighted by molar-refractivity contribution is -0.132. The average Bonchev–Trinajstić information content (AvgIpc) is 3.51. The van der Waals surface area contributed by atoms with Gasteiger partial charge in [0.05, 0.1) is 6.54 Å². The van der Waals surface area contributed by atoms with Gasteiger partial charge in [0.25, 0.3) is 5.56 Å². The molecule has 9 nitrogen and oxygen atoms in total. The third-order valence-corrected chi connectivity index (χ3v) is 7.84. The summed E-state index contributed by atoms with van der Waals surface area (Å²) in [5.41, 5.74) is 0.762. The number of hydrogen-bond acceptors (Lipinski definition) is 5. The van der Waals surface area contributed by atoms with Gasteiger partial charge in [-0.25, -0.2) is 4.79 Å². The summed E-state index contributed by atoms with van der Waals surface area (Å²) in [6, 6.07) is 7.51. The fourth-order valence-corrected chi connectivity index (χ4v) is 5.57.